The molecule has 104 valence electrons. The molecule has 5 heteroatoms. The van der Waals surface area contributed by atoms with E-state index in [0.29, 0.717) is 19.3 Å². The van der Waals surface area contributed by atoms with Crippen molar-refractivity contribution in [2.75, 3.05) is 7.05 Å². The Kier molecular flexibility index (Phi) is 6.12. The Morgan fingerprint density at radius 2 is 1.78 bits per heavy atom. The van der Waals surface area contributed by atoms with Crippen LogP contribution in [-0.4, -0.2) is 46.2 Å². The molecule has 0 saturated heterocycles. The number of carbonyl (C=O) groups excluding carboxylic acids is 1. The van der Waals surface area contributed by atoms with Crippen molar-refractivity contribution in [2.24, 2.45) is 0 Å². The molecule has 18 heavy (non-hydrogen) atoms. The lowest BCUT2D eigenvalue weighted by Gasteiger charge is -2.35. The van der Waals surface area contributed by atoms with Gasteiger partial charge in [-0.05, 0) is 25.7 Å². The van der Waals surface area contributed by atoms with E-state index in [1.165, 1.54) is 0 Å². The summed E-state index contributed by atoms with van der Waals surface area (Å²) in [7, 11) is 1.73. The Labute approximate surface area is 108 Å². The summed E-state index contributed by atoms with van der Waals surface area (Å²) in [6.07, 6.45) is 4.90. The lowest BCUT2D eigenvalue weighted by atomic mass is 9.91. The van der Waals surface area contributed by atoms with E-state index in [2.05, 4.69) is 0 Å². The second-order valence-electron chi connectivity index (χ2n) is 5.02. The second kappa shape index (κ2) is 7.36. The van der Waals surface area contributed by atoms with Gasteiger partial charge in [0.05, 0.1) is 12.1 Å². The summed E-state index contributed by atoms with van der Waals surface area (Å²) in [4.78, 5) is 23.9. The zero-order chi connectivity index (χ0) is 13.5. The number of hydrogen-bond acceptors (Lipinski definition) is 3. The SMILES string of the molecule is CN(C(=O)CCCCC(=O)O)C1CCCCC1O. The van der Waals surface area contributed by atoms with Crippen LogP contribution in [0, 0.1) is 0 Å². The Morgan fingerprint density at radius 3 is 2.39 bits per heavy atom. The largest absolute Gasteiger partial charge is 0.481 e. The molecule has 5 nitrogen and oxygen atoms in total. The number of likely N-dealkylation sites (N-methyl/N-ethyl adjacent to an activating group) is 1. The molecule has 1 fully saturated rings. The van der Waals surface area contributed by atoms with Gasteiger partial charge in [-0.15, -0.1) is 0 Å². The van der Waals surface area contributed by atoms with Gasteiger partial charge in [-0.3, -0.25) is 9.59 Å². The van der Waals surface area contributed by atoms with Crippen LogP contribution in [0.3, 0.4) is 0 Å². The van der Waals surface area contributed by atoms with Gasteiger partial charge in [0.2, 0.25) is 5.91 Å². The number of hydrogen-bond donors (Lipinski definition) is 2. The molecule has 0 spiro atoms. The Bertz CT molecular complexity index is 293. The molecule has 0 aromatic rings. The second-order valence-corrected chi connectivity index (χ2v) is 5.02. The van der Waals surface area contributed by atoms with Gasteiger partial charge < -0.3 is 15.1 Å². The van der Waals surface area contributed by atoms with E-state index < -0.39 is 12.1 Å². The number of carboxylic acids is 1. The third-order valence-electron chi connectivity index (χ3n) is 3.62. The van der Waals surface area contributed by atoms with Gasteiger partial charge in [-0.25, -0.2) is 0 Å². The number of aliphatic hydroxyl groups excluding tert-OH is 1. The van der Waals surface area contributed by atoms with Crippen LogP contribution in [0.25, 0.3) is 0 Å². The molecular formula is C13H23NO4. The minimum Gasteiger partial charge on any atom is -0.481 e. The van der Waals surface area contributed by atoms with E-state index in [1.54, 1.807) is 11.9 Å². The summed E-state index contributed by atoms with van der Waals surface area (Å²) >= 11 is 0. The van der Waals surface area contributed by atoms with Crippen molar-refractivity contribution < 1.29 is 19.8 Å². The standard InChI is InChI=1S/C13H23NO4/c1-14(10-6-2-3-7-11(10)15)12(16)8-4-5-9-13(17)18/h10-11,15H,2-9H2,1H3,(H,17,18). The highest BCUT2D eigenvalue weighted by molar-refractivity contribution is 5.76. The summed E-state index contributed by atoms with van der Waals surface area (Å²) in [6.45, 7) is 0. The quantitative estimate of drug-likeness (QED) is 0.705. The molecule has 2 unspecified atom stereocenters. The van der Waals surface area contributed by atoms with Crippen LogP contribution in [0.4, 0.5) is 0 Å². The van der Waals surface area contributed by atoms with Crippen molar-refractivity contribution in [1.29, 1.82) is 0 Å². The van der Waals surface area contributed by atoms with Crippen LogP contribution in [-0.2, 0) is 9.59 Å². The molecule has 0 aliphatic heterocycles. The maximum atomic E-state index is 11.9. The van der Waals surface area contributed by atoms with Gasteiger partial charge in [-0.1, -0.05) is 12.8 Å². The molecule has 1 aliphatic carbocycles. The summed E-state index contributed by atoms with van der Waals surface area (Å²) in [5, 5.41) is 18.4. The normalized spacial score (nSPS) is 23.7. The third kappa shape index (κ3) is 4.64. The predicted octanol–water partition coefficient (Wildman–Crippen LogP) is 1.39. The Hall–Kier alpha value is -1.10. The lowest BCUT2D eigenvalue weighted by molar-refractivity contribution is -0.138. The van der Waals surface area contributed by atoms with Crippen molar-refractivity contribution >= 4 is 11.9 Å². The maximum Gasteiger partial charge on any atom is 0.303 e. The maximum absolute atomic E-state index is 11.9. The van der Waals surface area contributed by atoms with Gasteiger partial charge in [0, 0.05) is 19.9 Å². The highest BCUT2D eigenvalue weighted by atomic mass is 16.4. The Balaban J connectivity index is 2.29. The number of aliphatic hydroxyl groups is 1. The molecule has 1 saturated carbocycles. The predicted molar refractivity (Wildman–Crippen MR) is 67.1 cm³/mol. The highest BCUT2D eigenvalue weighted by Crippen LogP contribution is 2.23. The fraction of sp³-hybridized carbons (Fsp3) is 0.846. The smallest absolute Gasteiger partial charge is 0.303 e. The monoisotopic (exact) mass is 257 g/mol. The molecule has 1 aliphatic rings. The van der Waals surface area contributed by atoms with Crippen molar-refractivity contribution in [2.45, 2.75) is 63.5 Å². The lowest BCUT2D eigenvalue weighted by Crippen LogP contribution is -2.46. The fourth-order valence-corrected chi connectivity index (χ4v) is 2.46. The van der Waals surface area contributed by atoms with Crippen LogP contribution < -0.4 is 0 Å². The van der Waals surface area contributed by atoms with Crippen LogP contribution in [0.5, 0.6) is 0 Å². The number of aliphatic carboxylic acids is 1. The number of rotatable bonds is 6. The minimum atomic E-state index is -0.821. The van der Waals surface area contributed by atoms with Gasteiger partial charge in [-0.2, -0.15) is 0 Å². The number of nitrogens with zero attached hydrogens (tertiary/aromatic N) is 1. The Morgan fingerprint density at radius 1 is 1.17 bits per heavy atom. The summed E-state index contributed by atoms with van der Waals surface area (Å²) in [5.41, 5.74) is 0. The molecular weight excluding hydrogens is 234 g/mol. The topological polar surface area (TPSA) is 77.8 Å². The molecule has 0 bridgehead atoms. The van der Waals surface area contributed by atoms with E-state index >= 15 is 0 Å². The van der Waals surface area contributed by atoms with Crippen molar-refractivity contribution in [3.05, 3.63) is 0 Å². The molecule has 2 atom stereocenters. The van der Waals surface area contributed by atoms with E-state index in [4.69, 9.17) is 5.11 Å². The first-order chi connectivity index (χ1) is 8.52. The molecule has 1 amide bonds. The molecule has 1 rings (SSSR count). The van der Waals surface area contributed by atoms with Gasteiger partial charge in [0.15, 0.2) is 0 Å². The number of carbonyl (C=O) groups is 2. The van der Waals surface area contributed by atoms with E-state index in [0.717, 1.165) is 25.7 Å². The first-order valence-electron chi connectivity index (χ1n) is 6.68. The van der Waals surface area contributed by atoms with Crippen LogP contribution in [0.1, 0.15) is 51.4 Å². The molecule has 0 heterocycles. The fourth-order valence-electron chi connectivity index (χ4n) is 2.46. The van der Waals surface area contributed by atoms with E-state index in [-0.39, 0.29) is 18.4 Å². The van der Waals surface area contributed by atoms with Crippen molar-refractivity contribution in [1.82, 2.24) is 4.90 Å². The van der Waals surface area contributed by atoms with Gasteiger partial charge >= 0.3 is 5.97 Å². The van der Waals surface area contributed by atoms with Crippen LogP contribution >= 0.6 is 0 Å². The molecule has 2 N–H and O–H groups in total. The van der Waals surface area contributed by atoms with Crippen LogP contribution in [0.15, 0.2) is 0 Å². The molecule has 0 radical (unpaired) electrons. The molecule has 0 aromatic heterocycles. The first-order valence-corrected chi connectivity index (χ1v) is 6.68. The third-order valence-corrected chi connectivity index (χ3v) is 3.62. The van der Waals surface area contributed by atoms with Gasteiger partial charge in [0.1, 0.15) is 0 Å². The summed E-state index contributed by atoms with van der Waals surface area (Å²) in [5.74, 6) is -0.815. The molecule has 0 aromatic carbocycles. The summed E-state index contributed by atoms with van der Waals surface area (Å²) < 4.78 is 0. The number of amides is 1. The van der Waals surface area contributed by atoms with E-state index in [1.807, 2.05) is 0 Å². The van der Waals surface area contributed by atoms with Gasteiger partial charge in [0.25, 0.3) is 0 Å². The zero-order valence-electron chi connectivity index (χ0n) is 11.0. The first kappa shape index (κ1) is 15.0. The average molecular weight is 257 g/mol. The highest BCUT2D eigenvalue weighted by Gasteiger charge is 2.28. The minimum absolute atomic E-state index is 0.00587. The summed E-state index contributed by atoms with van der Waals surface area (Å²) in [6, 6.07) is -0.0641. The zero-order valence-corrected chi connectivity index (χ0v) is 11.0. The number of carboxylic acid groups (broad SMARTS) is 1. The van der Waals surface area contributed by atoms with E-state index in [9.17, 15) is 14.7 Å². The van der Waals surface area contributed by atoms with Crippen molar-refractivity contribution in [3.63, 3.8) is 0 Å². The van der Waals surface area contributed by atoms with Crippen molar-refractivity contribution in [3.8, 4) is 0 Å². The average Bonchev–Trinajstić information content (AvgIpc) is 2.34. The number of unbranched alkanes of at least 4 members (excludes halogenated alkanes) is 1. The van der Waals surface area contributed by atoms with Crippen LogP contribution in [0.2, 0.25) is 0 Å².